The molecule has 1 heterocycles. The van der Waals surface area contributed by atoms with Gasteiger partial charge in [-0.3, -0.25) is 9.88 Å². The molecule has 6 heteroatoms. The molecular weight excluding hydrogens is 260 g/mol. The summed E-state index contributed by atoms with van der Waals surface area (Å²) >= 11 is 0. The highest BCUT2D eigenvalue weighted by atomic mass is 16.6. The second-order valence-electron chi connectivity index (χ2n) is 5.30. The molecule has 0 radical (unpaired) electrons. The monoisotopic (exact) mass is 280 g/mol. The average Bonchev–Trinajstić information content (AvgIpc) is 2.38. The van der Waals surface area contributed by atoms with E-state index in [0.29, 0.717) is 17.7 Å². The topological polar surface area (TPSA) is 68.7 Å². The van der Waals surface area contributed by atoms with E-state index in [4.69, 9.17) is 9.47 Å². The SMILES string of the molecule is COc1ccc(C(C=O)N(C)C(=O)OC(C)(C)C)nc1. The van der Waals surface area contributed by atoms with E-state index >= 15 is 0 Å². The third kappa shape index (κ3) is 4.22. The maximum Gasteiger partial charge on any atom is 0.410 e. The molecule has 0 aliphatic heterocycles. The Bertz CT molecular complexity index is 465. The molecule has 0 aromatic carbocycles. The summed E-state index contributed by atoms with van der Waals surface area (Å²) in [6.07, 6.45) is 1.57. The summed E-state index contributed by atoms with van der Waals surface area (Å²) in [5.74, 6) is 0.582. The Morgan fingerprint density at radius 1 is 1.40 bits per heavy atom. The zero-order valence-corrected chi connectivity index (χ0v) is 12.4. The largest absolute Gasteiger partial charge is 0.495 e. The number of ether oxygens (including phenoxy) is 2. The Morgan fingerprint density at radius 2 is 2.05 bits per heavy atom. The van der Waals surface area contributed by atoms with Gasteiger partial charge in [0.05, 0.1) is 19.0 Å². The predicted octanol–water partition coefficient (Wildman–Crippen LogP) is 2.20. The highest BCUT2D eigenvalue weighted by molar-refractivity contribution is 5.74. The van der Waals surface area contributed by atoms with Gasteiger partial charge in [-0.25, -0.2) is 4.79 Å². The van der Waals surface area contributed by atoms with E-state index in [1.165, 1.54) is 25.3 Å². The molecule has 1 amide bonds. The van der Waals surface area contributed by atoms with Crippen LogP contribution >= 0.6 is 0 Å². The number of rotatable bonds is 4. The number of hydrogen-bond acceptors (Lipinski definition) is 5. The van der Waals surface area contributed by atoms with Crippen LogP contribution in [0.5, 0.6) is 5.75 Å². The maximum atomic E-state index is 11.9. The molecule has 110 valence electrons. The number of likely N-dealkylation sites (N-methyl/N-ethyl adjacent to an activating group) is 1. The first kappa shape index (κ1) is 15.9. The van der Waals surface area contributed by atoms with Crippen molar-refractivity contribution >= 4 is 12.4 Å². The van der Waals surface area contributed by atoms with Crippen molar-refractivity contribution in [3.05, 3.63) is 24.0 Å². The smallest absolute Gasteiger partial charge is 0.410 e. The van der Waals surface area contributed by atoms with Crippen molar-refractivity contribution in [1.82, 2.24) is 9.88 Å². The molecule has 0 spiro atoms. The Labute approximate surface area is 118 Å². The van der Waals surface area contributed by atoms with Gasteiger partial charge in [-0.2, -0.15) is 0 Å². The summed E-state index contributed by atoms with van der Waals surface area (Å²) in [5, 5.41) is 0. The second-order valence-corrected chi connectivity index (χ2v) is 5.30. The van der Waals surface area contributed by atoms with Gasteiger partial charge in [0.15, 0.2) is 0 Å². The van der Waals surface area contributed by atoms with E-state index in [2.05, 4.69) is 4.98 Å². The van der Waals surface area contributed by atoms with Crippen molar-refractivity contribution in [1.29, 1.82) is 0 Å². The van der Waals surface area contributed by atoms with Crippen molar-refractivity contribution < 1.29 is 19.1 Å². The normalized spacial score (nSPS) is 12.4. The standard InChI is InChI=1S/C14H20N2O4/c1-14(2,3)20-13(18)16(4)12(9-17)11-7-6-10(19-5)8-15-11/h6-9,12H,1-5H3. The molecular formula is C14H20N2O4. The molecule has 0 aliphatic carbocycles. The van der Waals surface area contributed by atoms with Crippen molar-refractivity contribution in [2.24, 2.45) is 0 Å². The molecule has 1 atom stereocenters. The Morgan fingerprint density at radius 3 is 2.45 bits per heavy atom. The third-order valence-corrected chi connectivity index (χ3v) is 2.53. The lowest BCUT2D eigenvalue weighted by molar-refractivity contribution is -0.112. The number of methoxy groups -OCH3 is 1. The molecule has 0 fully saturated rings. The van der Waals surface area contributed by atoms with E-state index in [-0.39, 0.29) is 0 Å². The molecule has 1 rings (SSSR count). The highest BCUT2D eigenvalue weighted by Crippen LogP contribution is 2.20. The number of aldehydes is 1. The molecule has 0 bridgehead atoms. The average molecular weight is 280 g/mol. The number of amides is 1. The molecule has 0 aliphatic rings. The van der Waals surface area contributed by atoms with Crippen LogP contribution in [0.1, 0.15) is 32.5 Å². The van der Waals surface area contributed by atoms with Crippen molar-refractivity contribution in [2.75, 3.05) is 14.2 Å². The van der Waals surface area contributed by atoms with Crippen LogP contribution < -0.4 is 4.74 Å². The van der Waals surface area contributed by atoms with Gasteiger partial charge in [-0.1, -0.05) is 0 Å². The third-order valence-electron chi connectivity index (χ3n) is 2.53. The first-order valence-electron chi connectivity index (χ1n) is 6.19. The fraction of sp³-hybridized carbons (Fsp3) is 0.500. The van der Waals surface area contributed by atoms with Crippen LogP contribution in [0.15, 0.2) is 18.3 Å². The number of carbonyl (C=O) groups is 2. The zero-order valence-electron chi connectivity index (χ0n) is 12.4. The Balaban J connectivity index is 2.88. The molecule has 0 saturated carbocycles. The summed E-state index contributed by atoms with van der Waals surface area (Å²) in [6.45, 7) is 5.29. The van der Waals surface area contributed by atoms with Gasteiger partial charge < -0.3 is 14.3 Å². The van der Waals surface area contributed by atoms with E-state index in [1.54, 1.807) is 32.9 Å². The van der Waals surface area contributed by atoms with Gasteiger partial charge in [0.1, 0.15) is 23.7 Å². The summed E-state index contributed by atoms with van der Waals surface area (Å²) in [4.78, 5) is 28.5. The molecule has 0 N–H and O–H groups in total. The molecule has 20 heavy (non-hydrogen) atoms. The zero-order chi connectivity index (χ0) is 15.3. The Hall–Kier alpha value is -2.11. The van der Waals surface area contributed by atoms with Gasteiger partial charge in [0.25, 0.3) is 0 Å². The van der Waals surface area contributed by atoms with E-state index in [9.17, 15) is 9.59 Å². The van der Waals surface area contributed by atoms with Crippen molar-refractivity contribution in [3.8, 4) is 5.75 Å². The molecule has 6 nitrogen and oxygen atoms in total. The van der Waals surface area contributed by atoms with Crippen LogP contribution in [-0.4, -0.2) is 42.0 Å². The minimum absolute atomic E-state index is 0.453. The number of hydrogen-bond donors (Lipinski definition) is 0. The maximum absolute atomic E-state index is 11.9. The van der Waals surface area contributed by atoms with E-state index in [0.717, 1.165) is 0 Å². The lowest BCUT2D eigenvalue weighted by atomic mass is 10.2. The molecule has 1 aromatic rings. The lowest BCUT2D eigenvalue weighted by Crippen LogP contribution is -2.37. The Kier molecular flexibility index (Phi) is 5.07. The summed E-state index contributed by atoms with van der Waals surface area (Å²) in [7, 11) is 3.03. The summed E-state index contributed by atoms with van der Waals surface area (Å²) in [6, 6.07) is 2.52. The van der Waals surface area contributed by atoms with E-state index in [1.807, 2.05) is 0 Å². The highest BCUT2D eigenvalue weighted by Gasteiger charge is 2.26. The summed E-state index contributed by atoms with van der Waals surface area (Å²) < 4.78 is 10.2. The minimum atomic E-state index is -0.796. The summed E-state index contributed by atoms with van der Waals surface area (Å²) in [5.41, 5.74) is -0.166. The van der Waals surface area contributed by atoms with Gasteiger partial charge in [0, 0.05) is 7.05 Å². The fourth-order valence-corrected chi connectivity index (χ4v) is 1.49. The molecule has 0 saturated heterocycles. The van der Waals surface area contributed by atoms with Crippen molar-refractivity contribution in [2.45, 2.75) is 32.4 Å². The van der Waals surface area contributed by atoms with Gasteiger partial charge in [-0.05, 0) is 32.9 Å². The van der Waals surface area contributed by atoms with Crippen LogP contribution in [0.25, 0.3) is 0 Å². The van der Waals surface area contributed by atoms with Crippen LogP contribution in [-0.2, 0) is 9.53 Å². The molecule has 1 aromatic heterocycles. The van der Waals surface area contributed by atoms with Crippen molar-refractivity contribution in [3.63, 3.8) is 0 Å². The van der Waals surface area contributed by atoms with Crippen LogP contribution in [0.3, 0.4) is 0 Å². The van der Waals surface area contributed by atoms with Crippen LogP contribution in [0, 0.1) is 0 Å². The van der Waals surface area contributed by atoms with Crippen LogP contribution in [0.4, 0.5) is 4.79 Å². The number of carbonyl (C=O) groups excluding carboxylic acids is 2. The van der Waals surface area contributed by atoms with E-state index < -0.39 is 17.7 Å². The minimum Gasteiger partial charge on any atom is -0.495 e. The quantitative estimate of drug-likeness (QED) is 0.791. The predicted molar refractivity (Wildman–Crippen MR) is 73.6 cm³/mol. The first-order chi connectivity index (χ1) is 9.28. The fourth-order valence-electron chi connectivity index (χ4n) is 1.49. The second kappa shape index (κ2) is 6.36. The van der Waals surface area contributed by atoms with Crippen LogP contribution in [0.2, 0.25) is 0 Å². The molecule has 1 unspecified atom stereocenters. The van der Waals surface area contributed by atoms with Gasteiger partial charge in [-0.15, -0.1) is 0 Å². The lowest BCUT2D eigenvalue weighted by Gasteiger charge is -2.27. The van der Waals surface area contributed by atoms with Gasteiger partial charge >= 0.3 is 6.09 Å². The van der Waals surface area contributed by atoms with Gasteiger partial charge in [0.2, 0.25) is 0 Å². The number of aromatic nitrogens is 1. The first-order valence-corrected chi connectivity index (χ1v) is 6.19. The number of nitrogens with zero attached hydrogens (tertiary/aromatic N) is 2. The number of pyridine rings is 1.